The Labute approximate surface area is 69.2 Å². The molecule has 0 saturated heterocycles. The Morgan fingerprint density at radius 2 is 1.55 bits per heavy atom. The lowest BCUT2D eigenvalue weighted by Gasteiger charge is -2.41. The van der Waals surface area contributed by atoms with E-state index in [2.05, 4.69) is 0 Å². The summed E-state index contributed by atoms with van der Waals surface area (Å²) in [6.45, 7) is 9.02. The van der Waals surface area contributed by atoms with Crippen molar-refractivity contribution < 1.29 is 10.2 Å². The van der Waals surface area contributed by atoms with Crippen molar-refractivity contribution in [2.75, 3.05) is 0 Å². The molecule has 1 atom stereocenters. The fraction of sp³-hybridized carbons (Fsp3) is 1.00. The standard InChI is InChI=1S/C9H20O2/c1-6-9(11,7(2)3)8(4,5)10/h7,10-11H,6H2,1-5H3/t9-/m1/s1. The molecule has 0 amide bonds. The van der Waals surface area contributed by atoms with Crippen molar-refractivity contribution in [3.8, 4) is 0 Å². The van der Waals surface area contributed by atoms with E-state index in [1.807, 2.05) is 20.8 Å². The van der Waals surface area contributed by atoms with Crippen LogP contribution in [-0.2, 0) is 0 Å². The maximum Gasteiger partial charge on any atom is 0.0947 e. The van der Waals surface area contributed by atoms with E-state index in [4.69, 9.17) is 0 Å². The van der Waals surface area contributed by atoms with Crippen LogP contribution in [0.2, 0.25) is 0 Å². The van der Waals surface area contributed by atoms with E-state index in [9.17, 15) is 10.2 Å². The van der Waals surface area contributed by atoms with Gasteiger partial charge in [0.25, 0.3) is 0 Å². The summed E-state index contributed by atoms with van der Waals surface area (Å²) < 4.78 is 0. The van der Waals surface area contributed by atoms with Gasteiger partial charge in [-0.25, -0.2) is 0 Å². The van der Waals surface area contributed by atoms with Gasteiger partial charge in [0.1, 0.15) is 0 Å². The van der Waals surface area contributed by atoms with Crippen molar-refractivity contribution in [1.82, 2.24) is 0 Å². The first-order valence-electron chi connectivity index (χ1n) is 4.20. The van der Waals surface area contributed by atoms with E-state index < -0.39 is 11.2 Å². The predicted octanol–water partition coefficient (Wildman–Crippen LogP) is 1.55. The Morgan fingerprint density at radius 1 is 1.18 bits per heavy atom. The minimum Gasteiger partial charge on any atom is -0.387 e. The zero-order valence-corrected chi connectivity index (χ0v) is 8.18. The SMILES string of the molecule is CC[C@@](O)(C(C)C)C(C)(C)O. The highest BCUT2D eigenvalue weighted by molar-refractivity contribution is 4.94. The first-order chi connectivity index (χ1) is 4.75. The van der Waals surface area contributed by atoms with Crippen LogP contribution in [0, 0.1) is 5.92 Å². The highest BCUT2D eigenvalue weighted by Crippen LogP contribution is 2.32. The van der Waals surface area contributed by atoms with Crippen molar-refractivity contribution in [2.45, 2.75) is 52.2 Å². The molecule has 0 fully saturated rings. The highest BCUT2D eigenvalue weighted by Gasteiger charge is 2.42. The van der Waals surface area contributed by atoms with E-state index in [0.717, 1.165) is 0 Å². The summed E-state index contributed by atoms with van der Waals surface area (Å²) in [6, 6.07) is 0. The molecule has 0 rings (SSSR count). The molecular weight excluding hydrogens is 140 g/mol. The maximum absolute atomic E-state index is 9.98. The van der Waals surface area contributed by atoms with Gasteiger partial charge in [0.05, 0.1) is 11.2 Å². The molecule has 0 spiro atoms. The molecule has 0 aliphatic carbocycles. The van der Waals surface area contributed by atoms with Crippen LogP contribution in [0.4, 0.5) is 0 Å². The van der Waals surface area contributed by atoms with Crippen LogP contribution in [0.25, 0.3) is 0 Å². The van der Waals surface area contributed by atoms with Crippen molar-refractivity contribution in [1.29, 1.82) is 0 Å². The van der Waals surface area contributed by atoms with Crippen molar-refractivity contribution in [3.63, 3.8) is 0 Å². The van der Waals surface area contributed by atoms with E-state index in [1.165, 1.54) is 0 Å². The molecule has 68 valence electrons. The van der Waals surface area contributed by atoms with Gasteiger partial charge in [-0.1, -0.05) is 20.8 Å². The number of rotatable bonds is 3. The molecule has 11 heavy (non-hydrogen) atoms. The minimum atomic E-state index is -1.02. The minimum absolute atomic E-state index is 0.0764. The number of aliphatic hydroxyl groups is 2. The monoisotopic (exact) mass is 160 g/mol. The third kappa shape index (κ3) is 1.94. The van der Waals surface area contributed by atoms with Gasteiger partial charge in [-0.3, -0.25) is 0 Å². The first-order valence-corrected chi connectivity index (χ1v) is 4.20. The average molecular weight is 160 g/mol. The molecule has 0 aromatic rings. The molecule has 0 heterocycles. The quantitative estimate of drug-likeness (QED) is 0.657. The molecule has 2 N–H and O–H groups in total. The zero-order chi connectivity index (χ0) is 9.28. The van der Waals surface area contributed by atoms with Crippen LogP contribution in [0.15, 0.2) is 0 Å². The van der Waals surface area contributed by atoms with Gasteiger partial charge >= 0.3 is 0 Å². The van der Waals surface area contributed by atoms with E-state index in [0.29, 0.717) is 6.42 Å². The van der Waals surface area contributed by atoms with Crippen molar-refractivity contribution in [3.05, 3.63) is 0 Å². The molecule has 0 aromatic heterocycles. The Hall–Kier alpha value is -0.0800. The topological polar surface area (TPSA) is 40.5 Å². The number of hydrogen-bond donors (Lipinski definition) is 2. The summed E-state index contributed by atoms with van der Waals surface area (Å²) in [6.07, 6.45) is 0.578. The van der Waals surface area contributed by atoms with Gasteiger partial charge in [0.15, 0.2) is 0 Å². The summed E-state index contributed by atoms with van der Waals surface area (Å²) >= 11 is 0. The molecule has 0 aliphatic rings. The van der Waals surface area contributed by atoms with Gasteiger partial charge in [-0.05, 0) is 26.2 Å². The highest BCUT2D eigenvalue weighted by atomic mass is 16.4. The van der Waals surface area contributed by atoms with Crippen LogP contribution in [-0.4, -0.2) is 21.4 Å². The van der Waals surface area contributed by atoms with Gasteiger partial charge in [-0.15, -0.1) is 0 Å². The molecule has 0 bridgehead atoms. The third-order valence-electron chi connectivity index (χ3n) is 2.55. The lowest BCUT2D eigenvalue weighted by molar-refractivity contribution is -0.158. The van der Waals surface area contributed by atoms with Gasteiger partial charge in [0, 0.05) is 0 Å². The largest absolute Gasteiger partial charge is 0.387 e. The Balaban J connectivity index is 4.61. The van der Waals surface area contributed by atoms with Crippen LogP contribution in [0.5, 0.6) is 0 Å². The molecule has 2 nitrogen and oxygen atoms in total. The van der Waals surface area contributed by atoms with E-state index >= 15 is 0 Å². The summed E-state index contributed by atoms with van der Waals surface area (Å²) in [4.78, 5) is 0. The second-order valence-corrected chi connectivity index (χ2v) is 3.99. The number of hydrogen-bond acceptors (Lipinski definition) is 2. The van der Waals surface area contributed by atoms with Crippen molar-refractivity contribution in [2.24, 2.45) is 5.92 Å². The van der Waals surface area contributed by atoms with Crippen LogP contribution in [0.3, 0.4) is 0 Å². The lowest BCUT2D eigenvalue weighted by Crippen LogP contribution is -2.53. The first kappa shape index (κ1) is 10.9. The van der Waals surface area contributed by atoms with Gasteiger partial charge in [-0.2, -0.15) is 0 Å². The Kier molecular flexibility index (Phi) is 3.09. The molecule has 0 unspecified atom stereocenters. The summed E-state index contributed by atoms with van der Waals surface area (Å²) in [5.74, 6) is 0.0764. The molecular formula is C9H20O2. The lowest BCUT2D eigenvalue weighted by atomic mass is 9.75. The molecule has 0 radical (unpaired) electrons. The second kappa shape index (κ2) is 3.11. The summed E-state index contributed by atoms with van der Waals surface area (Å²) in [5.41, 5.74) is -1.98. The zero-order valence-electron chi connectivity index (χ0n) is 8.18. The van der Waals surface area contributed by atoms with Gasteiger partial charge in [0.2, 0.25) is 0 Å². The average Bonchev–Trinajstić information content (AvgIpc) is 1.83. The summed E-state index contributed by atoms with van der Waals surface area (Å²) in [7, 11) is 0. The van der Waals surface area contributed by atoms with E-state index in [-0.39, 0.29) is 5.92 Å². The fourth-order valence-corrected chi connectivity index (χ4v) is 1.55. The van der Waals surface area contributed by atoms with Crippen LogP contribution < -0.4 is 0 Å². The molecule has 0 saturated carbocycles. The normalized spacial score (nSPS) is 18.5. The molecule has 0 aromatic carbocycles. The van der Waals surface area contributed by atoms with Crippen LogP contribution >= 0.6 is 0 Å². The third-order valence-corrected chi connectivity index (χ3v) is 2.55. The fourth-order valence-electron chi connectivity index (χ4n) is 1.55. The van der Waals surface area contributed by atoms with E-state index in [1.54, 1.807) is 13.8 Å². The van der Waals surface area contributed by atoms with Gasteiger partial charge < -0.3 is 10.2 Å². The Bertz CT molecular complexity index is 124. The molecule has 2 heteroatoms. The second-order valence-electron chi connectivity index (χ2n) is 3.99. The van der Waals surface area contributed by atoms with Crippen molar-refractivity contribution >= 4 is 0 Å². The summed E-state index contributed by atoms with van der Waals surface area (Å²) in [5, 5.41) is 19.6. The smallest absolute Gasteiger partial charge is 0.0947 e. The Morgan fingerprint density at radius 3 is 1.55 bits per heavy atom. The predicted molar refractivity (Wildman–Crippen MR) is 46.4 cm³/mol. The van der Waals surface area contributed by atoms with Crippen LogP contribution in [0.1, 0.15) is 41.0 Å². The molecule has 0 aliphatic heterocycles. The maximum atomic E-state index is 9.98.